The molecule has 0 aliphatic rings. The van der Waals surface area contributed by atoms with E-state index in [1.165, 1.54) is 0 Å². The van der Waals surface area contributed by atoms with E-state index in [4.69, 9.17) is 0 Å². The topological polar surface area (TPSA) is 12.0 Å². The number of nitrogens with one attached hydrogen (secondary N) is 1. The summed E-state index contributed by atoms with van der Waals surface area (Å²) < 4.78 is 15.2. The van der Waals surface area contributed by atoms with E-state index in [9.17, 15) is 4.39 Å². The summed E-state index contributed by atoms with van der Waals surface area (Å²) in [5.41, 5.74) is 4.03. The summed E-state index contributed by atoms with van der Waals surface area (Å²) in [6.07, 6.45) is 0. The van der Waals surface area contributed by atoms with Crippen LogP contribution in [0.15, 0.2) is 40.9 Å². The highest BCUT2D eigenvalue weighted by Gasteiger charge is 2.19. The molecule has 0 aliphatic carbocycles. The standard InChI is InChI=1S/C17H19BrFN/c1-4-20-17(14-7-6-13(18)10-12(14)3)15-9-11(2)5-8-16(15)19/h5-10,17,20H,4H2,1-3H3. The second-order valence-electron chi connectivity index (χ2n) is 5.02. The lowest BCUT2D eigenvalue weighted by Crippen LogP contribution is -2.24. The van der Waals surface area contributed by atoms with Crippen molar-refractivity contribution in [2.75, 3.05) is 6.54 Å². The molecule has 0 amide bonds. The predicted octanol–water partition coefficient (Wildman–Crippen LogP) is 4.90. The third-order valence-corrected chi connectivity index (χ3v) is 3.91. The lowest BCUT2D eigenvalue weighted by molar-refractivity contribution is 0.557. The molecule has 1 nitrogen and oxygen atoms in total. The summed E-state index contributed by atoms with van der Waals surface area (Å²) in [6.45, 7) is 6.86. The van der Waals surface area contributed by atoms with Crippen LogP contribution in [-0.2, 0) is 0 Å². The molecule has 2 aromatic rings. The van der Waals surface area contributed by atoms with Gasteiger partial charge in [0, 0.05) is 10.0 Å². The molecule has 0 saturated heterocycles. The molecule has 1 unspecified atom stereocenters. The molecule has 0 heterocycles. The van der Waals surface area contributed by atoms with Crippen LogP contribution in [0.1, 0.15) is 35.2 Å². The van der Waals surface area contributed by atoms with E-state index < -0.39 is 0 Å². The van der Waals surface area contributed by atoms with Crippen molar-refractivity contribution >= 4 is 15.9 Å². The normalized spacial score (nSPS) is 12.4. The minimum atomic E-state index is -0.163. The largest absolute Gasteiger partial charge is 0.306 e. The van der Waals surface area contributed by atoms with Crippen LogP contribution in [0.2, 0.25) is 0 Å². The third-order valence-electron chi connectivity index (χ3n) is 3.41. The molecule has 106 valence electrons. The van der Waals surface area contributed by atoms with Crippen molar-refractivity contribution < 1.29 is 4.39 Å². The summed E-state index contributed by atoms with van der Waals surface area (Å²) in [5.74, 6) is -0.163. The van der Waals surface area contributed by atoms with Gasteiger partial charge in [0.05, 0.1) is 6.04 Å². The Morgan fingerprint density at radius 3 is 2.50 bits per heavy atom. The molecule has 2 rings (SSSR count). The number of hydrogen-bond acceptors (Lipinski definition) is 1. The quantitative estimate of drug-likeness (QED) is 0.837. The molecular formula is C17H19BrFN. The first-order chi connectivity index (χ1) is 9.52. The minimum absolute atomic E-state index is 0.118. The van der Waals surface area contributed by atoms with Gasteiger partial charge in [-0.25, -0.2) is 4.39 Å². The van der Waals surface area contributed by atoms with Gasteiger partial charge in [-0.05, 0) is 49.7 Å². The zero-order chi connectivity index (χ0) is 14.7. The van der Waals surface area contributed by atoms with E-state index in [1.807, 2.05) is 26.0 Å². The van der Waals surface area contributed by atoms with E-state index in [-0.39, 0.29) is 11.9 Å². The fraction of sp³-hybridized carbons (Fsp3) is 0.294. The Morgan fingerprint density at radius 1 is 1.10 bits per heavy atom. The molecule has 1 atom stereocenters. The van der Waals surface area contributed by atoms with Gasteiger partial charge in [-0.2, -0.15) is 0 Å². The van der Waals surface area contributed by atoms with Gasteiger partial charge >= 0.3 is 0 Å². The van der Waals surface area contributed by atoms with Crippen LogP contribution in [0.25, 0.3) is 0 Å². The Balaban J connectivity index is 2.53. The van der Waals surface area contributed by atoms with Crippen molar-refractivity contribution in [2.45, 2.75) is 26.8 Å². The molecule has 2 aromatic carbocycles. The van der Waals surface area contributed by atoms with Crippen LogP contribution in [-0.4, -0.2) is 6.54 Å². The monoisotopic (exact) mass is 335 g/mol. The highest BCUT2D eigenvalue weighted by Crippen LogP contribution is 2.29. The number of halogens is 2. The summed E-state index contributed by atoms with van der Waals surface area (Å²) in [7, 11) is 0. The maximum Gasteiger partial charge on any atom is 0.128 e. The van der Waals surface area contributed by atoms with Crippen LogP contribution in [0.4, 0.5) is 4.39 Å². The van der Waals surface area contributed by atoms with Crippen molar-refractivity contribution in [3.8, 4) is 0 Å². The van der Waals surface area contributed by atoms with E-state index in [1.54, 1.807) is 12.1 Å². The average molecular weight is 336 g/mol. The summed E-state index contributed by atoms with van der Waals surface area (Å²) in [6, 6.07) is 11.3. The Morgan fingerprint density at radius 2 is 1.85 bits per heavy atom. The Kier molecular flexibility index (Phi) is 4.95. The van der Waals surface area contributed by atoms with Crippen molar-refractivity contribution in [1.82, 2.24) is 5.32 Å². The van der Waals surface area contributed by atoms with Gasteiger partial charge in [-0.15, -0.1) is 0 Å². The van der Waals surface area contributed by atoms with Gasteiger partial charge < -0.3 is 5.32 Å². The minimum Gasteiger partial charge on any atom is -0.306 e. The summed E-state index contributed by atoms with van der Waals surface area (Å²) >= 11 is 3.47. The highest BCUT2D eigenvalue weighted by molar-refractivity contribution is 9.10. The molecule has 0 aromatic heterocycles. The fourth-order valence-electron chi connectivity index (χ4n) is 2.44. The molecule has 20 heavy (non-hydrogen) atoms. The van der Waals surface area contributed by atoms with Gasteiger partial charge in [-0.3, -0.25) is 0 Å². The molecule has 0 spiro atoms. The van der Waals surface area contributed by atoms with Crippen molar-refractivity contribution in [1.29, 1.82) is 0 Å². The molecule has 3 heteroatoms. The Hall–Kier alpha value is -1.19. The first kappa shape index (κ1) is 15.2. The zero-order valence-electron chi connectivity index (χ0n) is 12.0. The van der Waals surface area contributed by atoms with Gasteiger partial charge in [-0.1, -0.05) is 46.6 Å². The lowest BCUT2D eigenvalue weighted by atomic mass is 9.93. The summed E-state index contributed by atoms with van der Waals surface area (Å²) in [5, 5.41) is 3.39. The van der Waals surface area contributed by atoms with E-state index in [2.05, 4.69) is 40.3 Å². The molecule has 0 saturated carbocycles. The molecule has 0 bridgehead atoms. The number of hydrogen-bond donors (Lipinski definition) is 1. The molecule has 0 fully saturated rings. The van der Waals surface area contributed by atoms with Crippen LogP contribution < -0.4 is 5.32 Å². The fourth-order valence-corrected chi connectivity index (χ4v) is 2.91. The maximum atomic E-state index is 14.2. The number of aryl methyl sites for hydroxylation is 2. The van der Waals surface area contributed by atoms with E-state index >= 15 is 0 Å². The Bertz CT molecular complexity index is 610. The first-order valence-electron chi connectivity index (χ1n) is 6.78. The average Bonchev–Trinajstić information content (AvgIpc) is 2.40. The second kappa shape index (κ2) is 6.51. The van der Waals surface area contributed by atoms with Crippen LogP contribution in [0.5, 0.6) is 0 Å². The maximum absolute atomic E-state index is 14.2. The first-order valence-corrected chi connectivity index (χ1v) is 7.57. The van der Waals surface area contributed by atoms with E-state index in [0.29, 0.717) is 5.56 Å². The van der Waals surface area contributed by atoms with Crippen LogP contribution in [0, 0.1) is 19.7 Å². The molecule has 0 radical (unpaired) electrons. The summed E-state index contributed by atoms with van der Waals surface area (Å²) in [4.78, 5) is 0. The second-order valence-corrected chi connectivity index (χ2v) is 5.93. The van der Waals surface area contributed by atoms with Crippen molar-refractivity contribution in [3.63, 3.8) is 0 Å². The number of rotatable bonds is 4. The van der Waals surface area contributed by atoms with Crippen LogP contribution in [0.3, 0.4) is 0 Å². The lowest BCUT2D eigenvalue weighted by Gasteiger charge is -2.22. The molecular weight excluding hydrogens is 317 g/mol. The van der Waals surface area contributed by atoms with Gasteiger partial charge in [0.15, 0.2) is 0 Å². The Labute approximate surface area is 128 Å². The molecule has 1 N–H and O–H groups in total. The molecule has 0 aliphatic heterocycles. The van der Waals surface area contributed by atoms with Crippen LogP contribution >= 0.6 is 15.9 Å². The van der Waals surface area contributed by atoms with Gasteiger partial charge in [0.1, 0.15) is 5.82 Å². The highest BCUT2D eigenvalue weighted by atomic mass is 79.9. The SMILES string of the molecule is CCNC(c1ccc(Br)cc1C)c1cc(C)ccc1F. The van der Waals surface area contributed by atoms with Crippen molar-refractivity contribution in [2.24, 2.45) is 0 Å². The van der Waals surface area contributed by atoms with Gasteiger partial charge in [0.2, 0.25) is 0 Å². The van der Waals surface area contributed by atoms with Gasteiger partial charge in [0.25, 0.3) is 0 Å². The number of benzene rings is 2. The third kappa shape index (κ3) is 3.28. The van der Waals surface area contributed by atoms with Crippen molar-refractivity contribution in [3.05, 3.63) is 68.9 Å². The predicted molar refractivity (Wildman–Crippen MR) is 85.5 cm³/mol. The zero-order valence-corrected chi connectivity index (χ0v) is 13.6. The smallest absolute Gasteiger partial charge is 0.128 e. The van der Waals surface area contributed by atoms with E-state index in [0.717, 1.165) is 27.7 Å².